The highest BCUT2D eigenvalue weighted by molar-refractivity contribution is 7.99. The Morgan fingerprint density at radius 2 is 2.14 bits per heavy atom. The summed E-state index contributed by atoms with van der Waals surface area (Å²) in [5, 5.41) is 13.5. The minimum Gasteiger partial charge on any atom is -0.411 e. The molecule has 2 aromatic rings. The van der Waals surface area contributed by atoms with Crippen LogP contribution >= 0.6 is 23.4 Å². The summed E-state index contributed by atoms with van der Waals surface area (Å²) in [4.78, 5) is 22.5. The average Bonchev–Trinajstić information content (AvgIpc) is 2.99. The van der Waals surface area contributed by atoms with Crippen LogP contribution in [-0.2, 0) is 9.59 Å². The van der Waals surface area contributed by atoms with Crippen molar-refractivity contribution in [3.05, 3.63) is 29.3 Å². The van der Waals surface area contributed by atoms with Crippen LogP contribution in [-0.4, -0.2) is 41.4 Å². The van der Waals surface area contributed by atoms with Gasteiger partial charge in [0.1, 0.15) is 0 Å². The fraction of sp³-hybridized carbons (Fsp3) is 0.231. The van der Waals surface area contributed by atoms with Gasteiger partial charge in [-0.15, -0.1) is 10.2 Å². The molecule has 2 amide bonds. The number of aromatic nitrogens is 2. The monoisotopic (exact) mass is 340 g/mol. The van der Waals surface area contributed by atoms with Crippen molar-refractivity contribution < 1.29 is 14.0 Å². The van der Waals surface area contributed by atoms with Crippen LogP contribution in [0.3, 0.4) is 0 Å². The molecule has 1 aromatic carbocycles. The smallest absolute Gasteiger partial charge is 0.277 e. The van der Waals surface area contributed by atoms with Gasteiger partial charge < -0.3 is 15.1 Å². The van der Waals surface area contributed by atoms with Crippen molar-refractivity contribution in [3.63, 3.8) is 0 Å². The van der Waals surface area contributed by atoms with Gasteiger partial charge >= 0.3 is 0 Å². The van der Waals surface area contributed by atoms with Gasteiger partial charge in [0.2, 0.25) is 17.7 Å². The molecular formula is C13H13ClN4O3S. The first-order valence-electron chi connectivity index (χ1n) is 6.28. The molecule has 9 heteroatoms. The molecule has 0 saturated carbocycles. The highest BCUT2D eigenvalue weighted by Crippen LogP contribution is 2.24. The largest absolute Gasteiger partial charge is 0.411 e. The Bertz CT molecular complexity index is 677. The fourth-order valence-electron chi connectivity index (χ4n) is 1.45. The first-order valence-corrected chi connectivity index (χ1v) is 7.64. The maximum Gasteiger partial charge on any atom is 0.277 e. The lowest BCUT2D eigenvalue weighted by Crippen LogP contribution is -2.35. The molecule has 1 heterocycles. The molecule has 0 atom stereocenters. The first kappa shape index (κ1) is 16.3. The van der Waals surface area contributed by atoms with E-state index in [-0.39, 0.29) is 29.3 Å². The number of thioether (sulfide) groups is 1. The summed E-state index contributed by atoms with van der Waals surface area (Å²) in [6.07, 6.45) is 0. The molecule has 2 rings (SSSR count). The number of amides is 2. The van der Waals surface area contributed by atoms with Crippen molar-refractivity contribution in [1.82, 2.24) is 20.8 Å². The van der Waals surface area contributed by atoms with Gasteiger partial charge in [0.05, 0.1) is 12.3 Å². The molecule has 7 nitrogen and oxygen atoms in total. The van der Waals surface area contributed by atoms with Crippen molar-refractivity contribution in [1.29, 1.82) is 0 Å². The van der Waals surface area contributed by atoms with Crippen molar-refractivity contribution >= 4 is 35.2 Å². The minimum absolute atomic E-state index is 0.0620. The number of likely N-dealkylation sites (N-methyl/N-ethyl adjacent to an activating group) is 1. The summed E-state index contributed by atoms with van der Waals surface area (Å²) in [7, 11) is 1.50. The van der Waals surface area contributed by atoms with Crippen LogP contribution in [0.4, 0.5) is 0 Å². The zero-order valence-corrected chi connectivity index (χ0v) is 13.2. The van der Waals surface area contributed by atoms with E-state index in [2.05, 4.69) is 20.8 Å². The van der Waals surface area contributed by atoms with Gasteiger partial charge in [-0.1, -0.05) is 29.4 Å². The van der Waals surface area contributed by atoms with Gasteiger partial charge in [0.15, 0.2) is 0 Å². The number of hydrogen-bond donors (Lipinski definition) is 2. The summed E-state index contributed by atoms with van der Waals surface area (Å²) in [5.74, 6) is -0.153. The standard InChI is InChI=1S/C13H13ClN4O3S/c1-15-10(19)6-16-11(20)7-22-13-18-17-12(21-13)8-3-2-4-9(14)5-8/h2-5H,6-7H2,1H3,(H,15,19)(H,16,20). The van der Waals surface area contributed by atoms with E-state index in [1.165, 1.54) is 7.05 Å². The summed E-state index contributed by atoms with van der Waals surface area (Å²) < 4.78 is 5.44. The average molecular weight is 341 g/mol. The Balaban J connectivity index is 1.87. The number of carbonyl (C=O) groups excluding carboxylic acids is 2. The highest BCUT2D eigenvalue weighted by Gasteiger charge is 2.11. The van der Waals surface area contributed by atoms with Crippen LogP contribution < -0.4 is 10.6 Å². The molecule has 0 bridgehead atoms. The van der Waals surface area contributed by atoms with Crippen LogP contribution in [0.5, 0.6) is 0 Å². The van der Waals surface area contributed by atoms with Crippen molar-refractivity contribution in [2.45, 2.75) is 5.22 Å². The Hall–Kier alpha value is -2.06. The number of rotatable bonds is 6. The number of nitrogens with zero attached hydrogens (tertiary/aromatic N) is 2. The molecule has 116 valence electrons. The van der Waals surface area contributed by atoms with Gasteiger partial charge in [-0.05, 0) is 18.2 Å². The number of halogens is 1. The molecule has 0 spiro atoms. The molecular weight excluding hydrogens is 328 g/mol. The van der Waals surface area contributed by atoms with E-state index in [0.29, 0.717) is 16.5 Å². The van der Waals surface area contributed by atoms with Gasteiger partial charge in [0, 0.05) is 17.6 Å². The van der Waals surface area contributed by atoms with Crippen LogP contribution in [0.1, 0.15) is 0 Å². The molecule has 0 radical (unpaired) electrons. The minimum atomic E-state index is -0.295. The van der Waals surface area contributed by atoms with Crippen molar-refractivity contribution in [2.75, 3.05) is 19.3 Å². The van der Waals surface area contributed by atoms with Crippen LogP contribution in [0.25, 0.3) is 11.5 Å². The maximum absolute atomic E-state index is 11.5. The maximum atomic E-state index is 11.5. The van der Waals surface area contributed by atoms with E-state index in [4.69, 9.17) is 16.0 Å². The van der Waals surface area contributed by atoms with E-state index >= 15 is 0 Å². The molecule has 2 N–H and O–H groups in total. The van der Waals surface area contributed by atoms with E-state index in [1.54, 1.807) is 24.3 Å². The van der Waals surface area contributed by atoms with E-state index < -0.39 is 0 Å². The molecule has 0 saturated heterocycles. The third-order valence-electron chi connectivity index (χ3n) is 2.53. The second-order valence-electron chi connectivity index (χ2n) is 4.12. The second kappa shape index (κ2) is 7.81. The quantitative estimate of drug-likeness (QED) is 0.770. The first-order chi connectivity index (χ1) is 10.6. The van der Waals surface area contributed by atoms with Crippen LogP contribution in [0.15, 0.2) is 33.9 Å². The molecule has 0 aliphatic rings. The summed E-state index contributed by atoms with van der Waals surface area (Å²) in [6.45, 7) is -0.0620. The van der Waals surface area contributed by atoms with Gasteiger partial charge in [0.25, 0.3) is 5.22 Å². The zero-order chi connectivity index (χ0) is 15.9. The third kappa shape index (κ3) is 4.74. The topological polar surface area (TPSA) is 97.1 Å². The predicted octanol–water partition coefficient (Wildman–Crippen LogP) is 1.34. The van der Waals surface area contributed by atoms with E-state index in [1.807, 2.05) is 0 Å². The van der Waals surface area contributed by atoms with Crippen LogP contribution in [0, 0.1) is 0 Å². The Labute approximate surface area is 135 Å². The SMILES string of the molecule is CNC(=O)CNC(=O)CSc1nnc(-c2cccc(Cl)c2)o1. The van der Waals surface area contributed by atoms with E-state index in [0.717, 1.165) is 11.8 Å². The predicted molar refractivity (Wildman–Crippen MR) is 82.5 cm³/mol. The van der Waals surface area contributed by atoms with Crippen molar-refractivity contribution in [2.24, 2.45) is 0 Å². The molecule has 1 aromatic heterocycles. The second-order valence-corrected chi connectivity index (χ2v) is 5.49. The Morgan fingerprint density at radius 1 is 1.32 bits per heavy atom. The van der Waals surface area contributed by atoms with Gasteiger partial charge in [-0.25, -0.2) is 0 Å². The van der Waals surface area contributed by atoms with Gasteiger partial charge in [-0.2, -0.15) is 0 Å². The van der Waals surface area contributed by atoms with Gasteiger partial charge in [-0.3, -0.25) is 9.59 Å². The lowest BCUT2D eigenvalue weighted by atomic mass is 10.2. The molecule has 0 aliphatic carbocycles. The molecule has 0 fully saturated rings. The number of hydrogen-bond acceptors (Lipinski definition) is 6. The fourth-order valence-corrected chi connectivity index (χ4v) is 2.24. The third-order valence-corrected chi connectivity index (χ3v) is 3.58. The lowest BCUT2D eigenvalue weighted by Gasteiger charge is -2.02. The summed E-state index contributed by atoms with van der Waals surface area (Å²) in [5.41, 5.74) is 0.705. The number of benzene rings is 1. The van der Waals surface area contributed by atoms with Crippen LogP contribution in [0.2, 0.25) is 5.02 Å². The summed E-state index contributed by atoms with van der Waals surface area (Å²) >= 11 is 6.99. The number of nitrogens with one attached hydrogen (secondary N) is 2. The zero-order valence-electron chi connectivity index (χ0n) is 11.6. The Morgan fingerprint density at radius 3 is 2.86 bits per heavy atom. The Kier molecular flexibility index (Phi) is 5.79. The van der Waals surface area contributed by atoms with Crippen molar-refractivity contribution in [3.8, 4) is 11.5 Å². The lowest BCUT2D eigenvalue weighted by molar-refractivity contribution is -0.124. The normalized spacial score (nSPS) is 10.3. The molecule has 0 unspecified atom stereocenters. The summed E-state index contributed by atoms with van der Waals surface area (Å²) in [6, 6.07) is 7.03. The number of carbonyl (C=O) groups is 2. The molecule has 22 heavy (non-hydrogen) atoms. The van der Waals surface area contributed by atoms with E-state index in [9.17, 15) is 9.59 Å². The molecule has 0 aliphatic heterocycles. The highest BCUT2D eigenvalue weighted by atomic mass is 35.5.